The number of rotatable bonds is 4. The molecule has 0 aromatic heterocycles. The van der Waals surface area contributed by atoms with E-state index in [1.807, 2.05) is 0 Å². The van der Waals surface area contributed by atoms with Crippen molar-refractivity contribution in [2.45, 2.75) is 38.2 Å². The summed E-state index contributed by atoms with van der Waals surface area (Å²) in [6.07, 6.45) is 1.54. The van der Waals surface area contributed by atoms with E-state index in [0.717, 1.165) is 19.3 Å². The highest BCUT2D eigenvalue weighted by molar-refractivity contribution is 5.72. The Labute approximate surface area is 103 Å². The fourth-order valence-corrected chi connectivity index (χ4v) is 1.95. The van der Waals surface area contributed by atoms with Gasteiger partial charge in [0.2, 0.25) is 0 Å². The van der Waals surface area contributed by atoms with Crippen molar-refractivity contribution >= 4 is 5.97 Å². The number of benzene rings is 1. The van der Waals surface area contributed by atoms with E-state index in [1.165, 1.54) is 13.0 Å². The molecule has 0 saturated heterocycles. The third-order valence-electron chi connectivity index (χ3n) is 3.22. The second-order valence-corrected chi connectivity index (χ2v) is 4.53. The quantitative estimate of drug-likeness (QED) is 0.900. The molecule has 1 aliphatic rings. The summed E-state index contributed by atoms with van der Waals surface area (Å²) in [5, 5.41) is 8.77. The van der Waals surface area contributed by atoms with E-state index in [4.69, 9.17) is 9.84 Å². The Balaban J connectivity index is 2.34. The fourth-order valence-electron chi connectivity index (χ4n) is 1.95. The van der Waals surface area contributed by atoms with Crippen LogP contribution in [0.5, 0.6) is 5.75 Å². The molecule has 0 heterocycles. The van der Waals surface area contributed by atoms with E-state index in [2.05, 4.69) is 0 Å². The molecule has 3 nitrogen and oxygen atoms in total. The maximum Gasteiger partial charge on any atom is 0.344 e. The molecule has 1 fully saturated rings. The first-order valence-electron chi connectivity index (χ1n) is 5.87. The second-order valence-electron chi connectivity index (χ2n) is 4.53. The molecule has 1 aliphatic carbocycles. The van der Waals surface area contributed by atoms with Gasteiger partial charge in [-0.05, 0) is 31.7 Å². The molecule has 0 bridgehead atoms. The molecule has 18 heavy (non-hydrogen) atoms. The van der Waals surface area contributed by atoms with Crippen LogP contribution in [0, 0.1) is 11.6 Å². The highest BCUT2D eigenvalue weighted by atomic mass is 19.1. The molecule has 1 aromatic rings. The van der Waals surface area contributed by atoms with Crippen molar-refractivity contribution in [3.8, 4) is 5.75 Å². The zero-order valence-electron chi connectivity index (χ0n) is 9.95. The highest BCUT2D eigenvalue weighted by Gasteiger charge is 2.27. The standard InChI is InChI=1S/C13H14F2O3/c1-7(13(16)17)18-12-10(8-3-2-4-8)5-9(14)6-11(12)15/h5-8H,2-4H2,1H3,(H,16,17)/t7-/m0/s1. The predicted molar refractivity (Wildman–Crippen MR) is 60.7 cm³/mol. The molecule has 98 valence electrons. The molecule has 0 radical (unpaired) electrons. The first-order chi connectivity index (χ1) is 8.49. The summed E-state index contributed by atoms with van der Waals surface area (Å²) < 4.78 is 32.0. The average molecular weight is 256 g/mol. The van der Waals surface area contributed by atoms with Gasteiger partial charge in [0.15, 0.2) is 17.7 Å². The smallest absolute Gasteiger partial charge is 0.344 e. The molecule has 1 saturated carbocycles. The Morgan fingerprint density at radius 2 is 2.11 bits per heavy atom. The van der Waals surface area contributed by atoms with Gasteiger partial charge in [0.05, 0.1) is 0 Å². The summed E-state index contributed by atoms with van der Waals surface area (Å²) in [5.74, 6) is -2.75. The van der Waals surface area contributed by atoms with Crippen molar-refractivity contribution in [3.05, 3.63) is 29.3 Å². The number of ether oxygens (including phenoxy) is 1. The number of carboxylic acid groups (broad SMARTS) is 1. The molecule has 2 rings (SSSR count). The molecule has 1 aromatic carbocycles. The topological polar surface area (TPSA) is 46.5 Å². The summed E-state index contributed by atoms with van der Waals surface area (Å²) >= 11 is 0. The van der Waals surface area contributed by atoms with Crippen LogP contribution >= 0.6 is 0 Å². The minimum Gasteiger partial charge on any atom is -0.479 e. The number of aliphatic carboxylic acids is 1. The van der Waals surface area contributed by atoms with Crippen LogP contribution in [0.15, 0.2) is 12.1 Å². The Morgan fingerprint density at radius 1 is 1.44 bits per heavy atom. The molecular weight excluding hydrogens is 242 g/mol. The van der Waals surface area contributed by atoms with Crippen molar-refractivity contribution in [1.29, 1.82) is 0 Å². The lowest BCUT2D eigenvalue weighted by atomic mass is 9.79. The van der Waals surface area contributed by atoms with Crippen LogP contribution in [0.4, 0.5) is 8.78 Å². The van der Waals surface area contributed by atoms with E-state index in [0.29, 0.717) is 11.6 Å². The van der Waals surface area contributed by atoms with Gasteiger partial charge in [0, 0.05) is 11.6 Å². The van der Waals surface area contributed by atoms with Crippen LogP contribution in [0.3, 0.4) is 0 Å². The highest BCUT2D eigenvalue weighted by Crippen LogP contribution is 2.42. The summed E-state index contributed by atoms with van der Waals surface area (Å²) in [7, 11) is 0. The van der Waals surface area contributed by atoms with Crippen LogP contribution in [-0.2, 0) is 4.79 Å². The fraction of sp³-hybridized carbons (Fsp3) is 0.462. The minimum atomic E-state index is -1.18. The Morgan fingerprint density at radius 3 is 2.61 bits per heavy atom. The van der Waals surface area contributed by atoms with Crippen molar-refractivity contribution < 1.29 is 23.4 Å². The second kappa shape index (κ2) is 4.92. The van der Waals surface area contributed by atoms with Gasteiger partial charge in [0.1, 0.15) is 5.82 Å². The largest absolute Gasteiger partial charge is 0.479 e. The van der Waals surface area contributed by atoms with Crippen LogP contribution in [-0.4, -0.2) is 17.2 Å². The average Bonchev–Trinajstić information content (AvgIpc) is 2.19. The molecule has 1 N–H and O–H groups in total. The molecule has 1 atom stereocenters. The van der Waals surface area contributed by atoms with Crippen molar-refractivity contribution in [2.75, 3.05) is 0 Å². The third kappa shape index (κ3) is 2.44. The Kier molecular flexibility index (Phi) is 3.50. The SMILES string of the molecule is C[C@H](Oc1c(F)cc(F)cc1C1CCC1)C(=O)O. The van der Waals surface area contributed by atoms with Crippen LogP contribution in [0.1, 0.15) is 37.7 Å². The molecule has 0 aliphatic heterocycles. The van der Waals surface area contributed by atoms with Crippen molar-refractivity contribution in [3.63, 3.8) is 0 Å². The lowest BCUT2D eigenvalue weighted by Crippen LogP contribution is -2.25. The van der Waals surface area contributed by atoms with Crippen LogP contribution in [0.25, 0.3) is 0 Å². The zero-order chi connectivity index (χ0) is 13.3. The molecule has 5 heteroatoms. The predicted octanol–water partition coefficient (Wildman–Crippen LogP) is 3.08. The van der Waals surface area contributed by atoms with Gasteiger partial charge in [0.25, 0.3) is 0 Å². The third-order valence-corrected chi connectivity index (χ3v) is 3.22. The maximum absolute atomic E-state index is 13.7. The van der Waals surface area contributed by atoms with Crippen LogP contribution in [0.2, 0.25) is 0 Å². The normalized spacial score (nSPS) is 17.1. The monoisotopic (exact) mass is 256 g/mol. The number of halogens is 2. The molecule has 0 amide bonds. The number of carboxylic acids is 1. The Hall–Kier alpha value is -1.65. The van der Waals surface area contributed by atoms with Gasteiger partial charge in [-0.1, -0.05) is 6.42 Å². The zero-order valence-corrected chi connectivity index (χ0v) is 9.95. The number of hydrogen-bond acceptors (Lipinski definition) is 2. The van der Waals surface area contributed by atoms with Gasteiger partial charge in [-0.25, -0.2) is 13.6 Å². The summed E-state index contributed by atoms with van der Waals surface area (Å²) in [6, 6.07) is 1.95. The van der Waals surface area contributed by atoms with E-state index in [-0.39, 0.29) is 11.7 Å². The lowest BCUT2D eigenvalue weighted by molar-refractivity contribution is -0.144. The van der Waals surface area contributed by atoms with Gasteiger partial charge in [-0.15, -0.1) is 0 Å². The summed E-state index contributed by atoms with van der Waals surface area (Å²) in [5.41, 5.74) is 0.437. The summed E-state index contributed by atoms with van der Waals surface area (Å²) in [4.78, 5) is 10.7. The van der Waals surface area contributed by atoms with Gasteiger partial charge >= 0.3 is 5.97 Å². The first kappa shape index (κ1) is 12.8. The maximum atomic E-state index is 13.7. The molecular formula is C13H14F2O3. The molecule has 0 unspecified atom stereocenters. The van der Waals surface area contributed by atoms with Gasteiger partial charge in [-0.3, -0.25) is 0 Å². The first-order valence-corrected chi connectivity index (χ1v) is 5.87. The van der Waals surface area contributed by atoms with E-state index >= 15 is 0 Å². The van der Waals surface area contributed by atoms with E-state index < -0.39 is 23.7 Å². The van der Waals surface area contributed by atoms with E-state index in [9.17, 15) is 13.6 Å². The Bertz CT molecular complexity index is 470. The minimum absolute atomic E-state index is 0.0613. The van der Waals surface area contributed by atoms with Gasteiger partial charge < -0.3 is 9.84 Å². The van der Waals surface area contributed by atoms with Crippen LogP contribution < -0.4 is 4.74 Å². The number of carbonyl (C=O) groups is 1. The number of hydrogen-bond donors (Lipinski definition) is 1. The molecule has 0 spiro atoms. The van der Waals surface area contributed by atoms with E-state index in [1.54, 1.807) is 0 Å². The van der Waals surface area contributed by atoms with Crippen molar-refractivity contribution in [2.24, 2.45) is 0 Å². The van der Waals surface area contributed by atoms with Crippen molar-refractivity contribution in [1.82, 2.24) is 0 Å². The summed E-state index contributed by atoms with van der Waals surface area (Å²) in [6.45, 7) is 1.32. The lowest BCUT2D eigenvalue weighted by Gasteiger charge is -2.28. The van der Waals surface area contributed by atoms with Gasteiger partial charge in [-0.2, -0.15) is 0 Å².